The molecular weight excluding hydrogens is 288 g/mol. The van der Waals surface area contributed by atoms with Crippen LogP contribution in [0.4, 0.5) is 0 Å². The zero-order valence-corrected chi connectivity index (χ0v) is 14.7. The minimum Gasteiger partial charge on any atom is -0.375 e. The van der Waals surface area contributed by atoms with E-state index in [1.165, 1.54) is 11.1 Å². The van der Waals surface area contributed by atoms with Crippen LogP contribution in [0.3, 0.4) is 0 Å². The van der Waals surface area contributed by atoms with Gasteiger partial charge in [0.05, 0.1) is 19.1 Å². The van der Waals surface area contributed by atoms with Gasteiger partial charge in [-0.1, -0.05) is 45.0 Å². The zero-order valence-electron chi connectivity index (χ0n) is 14.7. The standard InChI is InChI=1S/C19H30N2O2/c1-4-16-5-7-17(8-6-16)14-21(13-15(2)3)19(22)11-18-12-20-9-10-23-18/h5-8,15,18,20H,4,9-14H2,1-3H3. The fraction of sp³-hybridized carbons (Fsp3) is 0.632. The van der Waals surface area contributed by atoms with Crippen molar-refractivity contribution in [3.8, 4) is 0 Å². The Morgan fingerprint density at radius 2 is 2.00 bits per heavy atom. The van der Waals surface area contributed by atoms with E-state index in [0.717, 1.165) is 26.1 Å². The summed E-state index contributed by atoms with van der Waals surface area (Å²) < 4.78 is 5.67. The lowest BCUT2D eigenvalue weighted by molar-refractivity contribution is -0.135. The SMILES string of the molecule is CCc1ccc(CN(CC(C)C)C(=O)CC2CNCCO2)cc1. The van der Waals surface area contributed by atoms with Crippen molar-refractivity contribution in [1.29, 1.82) is 0 Å². The van der Waals surface area contributed by atoms with Crippen LogP contribution in [0.1, 0.15) is 38.3 Å². The molecule has 1 atom stereocenters. The molecule has 23 heavy (non-hydrogen) atoms. The molecular formula is C19H30N2O2. The van der Waals surface area contributed by atoms with Crippen LogP contribution in [0, 0.1) is 5.92 Å². The van der Waals surface area contributed by atoms with Gasteiger partial charge in [-0.15, -0.1) is 0 Å². The highest BCUT2D eigenvalue weighted by Gasteiger charge is 2.22. The third kappa shape index (κ3) is 5.96. The molecule has 2 rings (SSSR count). The Kier molecular flexibility index (Phi) is 7.06. The quantitative estimate of drug-likeness (QED) is 0.840. The molecule has 0 spiro atoms. The number of hydrogen-bond acceptors (Lipinski definition) is 3. The fourth-order valence-corrected chi connectivity index (χ4v) is 2.87. The summed E-state index contributed by atoms with van der Waals surface area (Å²) in [7, 11) is 0. The normalized spacial score (nSPS) is 18.2. The van der Waals surface area contributed by atoms with Crippen LogP contribution >= 0.6 is 0 Å². The molecule has 0 bridgehead atoms. The van der Waals surface area contributed by atoms with Crippen molar-refractivity contribution < 1.29 is 9.53 Å². The highest BCUT2D eigenvalue weighted by molar-refractivity contribution is 5.76. The van der Waals surface area contributed by atoms with E-state index in [0.29, 0.717) is 25.5 Å². The van der Waals surface area contributed by atoms with E-state index >= 15 is 0 Å². The van der Waals surface area contributed by atoms with Gasteiger partial charge in [0, 0.05) is 26.2 Å². The van der Waals surface area contributed by atoms with Crippen LogP contribution < -0.4 is 5.32 Å². The number of carbonyl (C=O) groups excluding carboxylic acids is 1. The molecule has 4 heteroatoms. The average molecular weight is 318 g/mol. The third-order valence-electron chi connectivity index (χ3n) is 4.15. The maximum atomic E-state index is 12.7. The minimum absolute atomic E-state index is 0.00776. The molecule has 0 saturated carbocycles. The van der Waals surface area contributed by atoms with E-state index < -0.39 is 0 Å². The first-order chi connectivity index (χ1) is 11.1. The number of carbonyl (C=O) groups is 1. The predicted octanol–water partition coefficient (Wildman–Crippen LogP) is 2.61. The number of morpholine rings is 1. The van der Waals surface area contributed by atoms with Gasteiger partial charge < -0.3 is 15.0 Å². The van der Waals surface area contributed by atoms with Crippen molar-refractivity contribution in [2.24, 2.45) is 5.92 Å². The molecule has 1 aromatic carbocycles. The van der Waals surface area contributed by atoms with Gasteiger partial charge >= 0.3 is 0 Å². The first-order valence-electron chi connectivity index (χ1n) is 8.76. The summed E-state index contributed by atoms with van der Waals surface area (Å²) >= 11 is 0. The second-order valence-corrected chi connectivity index (χ2v) is 6.74. The predicted molar refractivity (Wildman–Crippen MR) is 93.3 cm³/mol. The molecule has 1 N–H and O–H groups in total. The molecule has 128 valence electrons. The molecule has 1 aliphatic rings. The van der Waals surface area contributed by atoms with E-state index in [-0.39, 0.29) is 12.0 Å². The Labute approximate surface area is 140 Å². The number of nitrogens with one attached hydrogen (secondary N) is 1. The van der Waals surface area contributed by atoms with Gasteiger partial charge in [0.15, 0.2) is 0 Å². The maximum absolute atomic E-state index is 12.7. The molecule has 1 unspecified atom stereocenters. The van der Waals surface area contributed by atoms with Gasteiger partial charge in [0.1, 0.15) is 0 Å². The molecule has 1 amide bonds. The number of aryl methyl sites for hydroxylation is 1. The summed E-state index contributed by atoms with van der Waals surface area (Å²) in [5.41, 5.74) is 2.52. The Morgan fingerprint density at radius 1 is 1.30 bits per heavy atom. The maximum Gasteiger partial charge on any atom is 0.225 e. The van der Waals surface area contributed by atoms with Gasteiger partial charge in [-0.25, -0.2) is 0 Å². The summed E-state index contributed by atoms with van der Waals surface area (Å²) in [5.74, 6) is 0.645. The van der Waals surface area contributed by atoms with Gasteiger partial charge in [0.2, 0.25) is 5.91 Å². The summed E-state index contributed by atoms with van der Waals surface area (Å²) in [4.78, 5) is 14.7. The Morgan fingerprint density at radius 3 is 2.57 bits per heavy atom. The van der Waals surface area contributed by atoms with E-state index in [2.05, 4.69) is 50.4 Å². The van der Waals surface area contributed by atoms with Gasteiger partial charge in [-0.3, -0.25) is 4.79 Å². The highest BCUT2D eigenvalue weighted by atomic mass is 16.5. The van der Waals surface area contributed by atoms with E-state index in [1.54, 1.807) is 0 Å². The number of ether oxygens (including phenoxy) is 1. The van der Waals surface area contributed by atoms with Gasteiger partial charge in [-0.05, 0) is 23.5 Å². The summed E-state index contributed by atoms with van der Waals surface area (Å²) in [6.07, 6.45) is 1.52. The molecule has 1 heterocycles. The van der Waals surface area contributed by atoms with Crippen LogP contribution in [0.25, 0.3) is 0 Å². The van der Waals surface area contributed by atoms with Crippen molar-refractivity contribution >= 4 is 5.91 Å². The summed E-state index contributed by atoms with van der Waals surface area (Å²) in [5, 5.41) is 3.29. The molecule has 1 saturated heterocycles. The molecule has 0 radical (unpaired) electrons. The monoisotopic (exact) mass is 318 g/mol. The van der Waals surface area contributed by atoms with E-state index in [4.69, 9.17) is 4.74 Å². The Hall–Kier alpha value is -1.39. The van der Waals surface area contributed by atoms with Crippen molar-refractivity contribution in [1.82, 2.24) is 10.2 Å². The van der Waals surface area contributed by atoms with Crippen LogP contribution in [0.5, 0.6) is 0 Å². The lowest BCUT2D eigenvalue weighted by Crippen LogP contribution is -2.43. The lowest BCUT2D eigenvalue weighted by atomic mass is 10.1. The summed E-state index contributed by atoms with van der Waals surface area (Å²) in [6.45, 7) is 10.3. The molecule has 4 nitrogen and oxygen atoms in total. The first kappa shape index (κ1) is 18.0. The number of rotatable bonds is 7. The smallest absolute Gasteiger partial charge is 0.225 e. The largest absolute Gasteiger partial charge is 0.375 e. The molecule has 0 aliphatic carbocycles. The lowest BCUT2D eigenvalue weighted by Gasteiger charge is -2.29. The van der Waals surface area contributed by atoms with Gasteiger partial charge in [0.25, 0.3) is 0 Å². The fourth-order valence-electron chi connectivity index (χ4n) is 2.87. The first-order valence-corrected chi connectivity index (χ1v) is 8.76. The van der Waals surface area contributed by atoms with Crippen LogP contribution in [0.15, 0.2) is 24.3 Å². The molecule has 0 aromatic heterocycles. The van der Waals surface area contributed by atoms with Crippen LogP contribution in [0.2, 0.25) is 0 Å². The summed E-state index contributed by atoms with van der Waals surface area (Å²) in [6, 6.07) is 8.58. The molecule has 1 aromatic rings. The Balaban J connectivity index is 1.98. The molecule has 1 aliphatic heterocycles. The average Bonchev–Trinajstić information content (AvgIpc) is 2.55. The number of nitrogens with zero attached hydrogens (tertiary/aromatic N) is 1. The number of benzene rings is 1. The zero-order chi connectivity index (χ0) is 16.7. The van der Waals surface area contributed by atoms with Crippen molar-refractivity contribution in [3.05, 3.63) is 35.4 Å². The van der Waals surface area contributed by atoms with E-state index in [9.17, 15) is 4.79 Å². The second-order valence-electron chi connectivity index (χ2n) is 6.74. The third-order valence-corrected chi connectivity index (χ3v) is 4.15. The Bertz CT molecular complexity index is 479. The van der Waals surface area contributed by atoms with Crippen LogP contribution in [-0.2, 0) is 22.5 Å². The van der Waals surface area contributed by atoms with Crippen LogP contribution in [-0.4, -0.2) is 43.2 Å². The number of hydrogen-bond donors (Lipinski definition) is 1. The van der Waals surface area contributed by atoms with Crippen molar-refractivity contribution in [3.63, 3.8) is 0 Å². The second kappa shape index (κ2) is 9.04. The van der Waals surface area contributed by atoms with E-state index in [1.807, 2.05) is 4.90 Å². The van der Waals surface area contributed by atoms with Crippen molar-refractivity contribution in [2.45, 2.75) is 46.3 Å². The van der Waals surface area contributed by atoms with Gasteiger partial charge in [-0.2, -0.15) is 0 Å². The molecule has 1 fully saturated rings. The number of amides is 1. The minimum atomic E-state index is 0.00776. The topological polar surface area (TPSA) is 41.6 Å². The van der Waals surface area contributed by atoms with Crippen molar-refractivity contribution in [2.75, 3.05) is 26.2 Å². The highest BCUT2D eigenvalue weighted by Crippen LogP contribution is 2.13.